The van der Waals surface area contributed by atoms with Crippen LogP contribution >= 0.6 is 11.3 Å². The number of carbonyl (C=O) groups excluding carboxylic acids is 1. The number of carbonyl (C=O) groups is 1. The molecule has 24 heavy (non-hydrogen) atoms. The number of hydrogen-bond donors (Lipinski definition) is 1. The van der Waals surface area contributed by atoms with Crippen LogP contribution in [0.1, 0.15) is 43.7 Å². The van der Waals surface area contributed by atoms with Crippen molar-refractivity contribution in [2.45, 2.75) is 46.7 Å². The lowest BCUT2D eigenvalue weighted by Gasteiger charge is -2.30. The third kappa shape index (κ3) is 4.89. The Morgan fingerprint density at radius 1 is 1.17 bits per heavy atom. The van der Waals surface area contributed by atoms with Crippen LogP contribution in [0.5, 0.6) is 0 Å². The average molecular weight is 346 g/mol. The lowest BCUT2D eigenvalue weighted by atomic mass is 10.2. The molecule has 0 atom stereocenters. The summed E-state index contributed by atoms with van der Waals surface area (Å²) in [6.45, 7) is 12.2. The molecule has 1 heterocycles. The maximum Gasteiger partial charge on any atom is 0.270 e. The van der Waals surface area contributed by atoms with Crippen molar-refractivity contribution in [3.63, 3.8) is 0 Å². The largest absolute Gasteiger partial charge is 0.349 e. The summed E-state index contributed by atoms with van der Waals surface area (Å²) in [6, 6.07) is 9.13. The van der Waals surface area contributed by atoms with Crippen LogP contribution in [0.15, 0.2) is 29.6 Å². The van der Waals surface area contributed by atoms with Crippen molar-refractivity contribution in [1.29, 1.82) is 0 Å². The van der Waals surface area contributed by atoms with E-state index in [1.165, 1.54) is 16.9 Å². The van der Waals surface area contributed by atoms with Crippen molar-refractivity contribution in [3.8, 4) is 10.6 Å². The topological polar surface area (TPSA) is 45.2 Å². The fraction of sp³-hybridized carbons (Fsp3) is 0.474. The average Bonchev–Trinajstić information content (AvgIpc) is 3.01. The molecule has 2 rings (SSSR count). The van der Waals surface area contributed by atoms with E-state index in [0.29, 0.717) is 24.3 Å². The van der Waals surface area contributed by atoms with Gasteiger partial charge in [-0.2, -0.15) is 0 Å². The number of amides is 1. The predicted molar refractivity (Wildman–Crippen MR) is 102 cm³/mol. The molecular formula is C19H27N3OS. The molecule has 2 aromatic rings. The van der Waals surface area contributed by atoms with Crippen LogP contribution in [-0.2, 0) is 0 Å². The van der Waals surface area contributed by atoms with E-state index in [1.54, 1.807) is 0 Å². The highest BCUT2D eigenvalue weighted by Gasteiger charge is 2.15. The Morgan fingerprint density at radius 3 is 2.38 bits per heavy atom. The Labute approximate surface area is 148 Å². The van der Waals surface area contributed by atoms with Crippen molar-refractivity contribution < 1.29 is 4.79 Å². The number of nitrogens with zero attached hydrogens (tertiary/aromatic N) is 2. The molecule has 0 aliphatic heterocycles. The van der Waals surface area contributed by atoms with Gasteiger partial charge in [0.25, 0.3) is 5.91 Å². The minimum atomic E-state index is -0.0999. The molecule has 0 spiro atoms. The monoisotopic (exact) mass is 345 g/mol. The van der Waals surface area contributed by atoms with Gasteiger partial charge in [0.1, 0.15) is 10.7 Å². The quantitative estimate of drug-likeness (QED) is 0.826. The number of thiazole rings is 1. The Morgan fingerprint density at radius 2 is 1.79 bits per heavy atom. The van der Waals surface area contributed by atoms with Gasteiger partial charge in [0.15, 0.2) is 0 Å². The van der Waals surface area contributed by atoms with Crippen LogP contribution in [0.2, 0.25) is 0 Å². The number of aryl methyl sites for hydroxylation is 1. The molecule has 5 heteroatoms. The molecule has 0 aliphatic rings. The first-order valence-corrected chi connectivity index (χ1v) is 9.33. The van der Waals surface area contributed by atoms with E-state index in [1.807, 2.05) is 17.5 Å². The predicted octanol–water partition coefficient (Wildman–Crippen LogP) is 3.97. The normalized spacial score (nSPS) is 11.5. The van der Waals surface area contributed by atoms with Gasteiger partial charge in [-0.25, -0.2) is 4.98 Å². The van der Waals surface area contributed by atoms with Crippen molar-refractivity contribution in [2.75, 3.05) is 13.1 Å². The van der Waals surface area contributed by atoms with Crippen molar-refractivity contribution in [2.24, 2.45) is 0 Å². The first kappa shape index (κ1) is 18.6. The summed E-state index contributed by atoms with van der Waals surface area (Å²) in [7, 11) is 0. The molecule has 0 bridgehead atoms. The standard InChI is InChI=1S/C19H27N3OS/c1-13(2)22(14(3)4)11-10-20-18(23)17-12-24-19(21-17)16-8-6-15(5)7-9-16/h6-9,12-14H,10-11H2,1-5H3,(H,20,23). The van der Waals surface area contributed by atoms with Crippen molar-refractivity contribution in [3.05, 3.63) is 40.9 Å². The van der Waals surface area contributed by atoms with Crippen molar-refractivity contribution in [1.82, 2.24) is 15.2 Å². The van der Waals surface area contributed by atoms with Crippen LogP contribution < -0.4 is 5.32 Å². The van der Waals surface area contributed by atoms with Gasteiger partial charge in [-0.05, 0) is 34.6 Å². The van der Waals surface area contributed by atoms with Gasteiger partial charge < -0.3 is 5.32 Å². The minimum absolute atomic E-state index is 0.0999. The first-order valence-electron chi connectivity index (χ1n) is 8.45. The molecule has 1 amide bonds. The molecule has 0 aliphatic carbocycles. The highest BCUT2D eigenvalue weighted by Crippen LogP contribution is 2.23. The summed E-state index contributed by atoms with van der Waals surface area (Å²) in [4.78, 5) is 19.1. The summed E-state index contributed by atoms with van der Waals surface area (Å²) >= 11 is 1.50. The van der Waals surface area contributed by atoms with Gasteiger partial charge in [-0.1, -0.05) is 29.8 Å². The van der Waals surface area contributed by atoms with E-state index in [2.05, 4.69) is 62.0 Å². The van der Waals surface area contributed by atoms with E-state index in [-0.39, 0.29) is 5.91 Å². The molecule has 0 saturated heterocycles. The van der Waals surface area contributed by atoms with Gasteiger partial charge in [0, 0.05) is 36.1 Å². The molecule has 4 nitrogen and oxygen atoms in total. The fourth-order valence-electron chi connectivity index (χ4n) is 2.71. The van der Waals surface area contributed by atoms with Crippen LogP contribution in [0.3, 0.4) is 0 Å². The second-order valence-electron chi connectivity index (χ2n) is 6.59. The molecule has 0 saturated carbocycles. The molecule has 130 valence electrons. The molecule has 1 aromatic heterocycles. The van der Waals surface area contributed by atoms with E-state index in [4.69, 9.17) is 0 Å². The first-order chi connectivity index (χ1) is 11.4. The third-order valence-corrected chi connectivity index (χ3v) is 4.91. The number of nitrogens with one attached hydrogen (secondary N) is 1. The minimum Gasteiger partial charge on any atom is -0.349 e. The van der Waals surface area contributed by atoms with E-state index in [9.17, 15) is 4.79 Å². The van der Waals surface area contributed by atoms with Crippen LogP contribution in [-0.4, -0.2) is 41.0 Å². The molecule has 0 unspecified atom stereocenters. The van der Waals surface area contributed by atoms with Gasteiger partial charge in [-0.3, -0.25) is 9.69 Å². The Balaban J connectivity index is 1.93. The zero-order valence-corrected chi connectivity index (χ0v) is 16.0. The molecular weight excluding hydrogens is 318 g/mol. The smallest absolute Gasteiger partial charge is 0.270 e. The summed E-state index contributed by atoms with van der Waals surface area (Å²) in [5, 5.41) is 5.68. The number of aromatic nitrogens is 1. The summed E-state index contributed by atoms with van der Waals surface area (Å²) in [6.07, 6.45) is 0. The molecule has 0 fully saturated rings. The van der Waals surface area contributed by atoms with Crippen LogP contribution in [0, 0.1) is 6.92 Å². The van der Waals surface area contributed by atoms with E-state index in [0.717, 1.165) is 17.1 Å². The zero-order valence-electron chi connectivity index (χ0n) is 15.2. The number of hydrogen-bond acceptors (Lipinski definition) is 4. The van der Waals surface area contributed by atoms with Gasteiger partial charge in [0.05, 0.1) is 0 Å². The summed E-state index contributed by atoms with van der Waals surface area (Å²) in [5.41, 5.74) is 2.76. The lowest BCUT2D eigenvalue weighted by molar-refractivity contribution is 0.0935. The third-order valence-electron chi connectivity index (χ3n) is 4.02. The number of benzene rings is 1. The Hall–Kier alpha value is -1.72. The van der Waals surface area contributed by atoms with Gasteiger partial charge in [-0.15, -0.1) is 11.3 Å². The summed E-state index contributed by atoms with van der Waals surface area (Å²) in [5.74, 6) is -0.0999. The maximum absolute atomic E-state index is 12.3. The maximum atomic E-state index is 12.3. The molecule has 1 N–H and O–H groups in total. The van der Waals surface area contributed by atoms with Gasteiger partial charge in [0.2, 0.25) is 0 Å². The van der Waals surface area contributed by atoms with E-state index >= 15 is 0 Å². The summed E-state index contributed by atoms with van der Waals surface area (Å²) < 4.78 is 0. The lowest BCUT2D eigenvalue weighted by Crippen LogP contribution is -2.42. The number of rotatable bonds is 7. The van der Waals surface area contributed by atoms with Crippen molar-refractivity contribution >= 4 is 17.2 Å². The van der Waals surface area contributed by atoms with Crippen LogP contribution in [0.4, 0.5) is 0 Å². The zero-order chi connectivity index (χ0) is 17.7. The fourth-order valence-corrected chi connectivity index (χ4v) is 3.51. The molecule has 0 radical (unpaired) electrons. The van der Waals surface area contributed by atoms with E-state index < -0.39 is 0 Å². The van der Waals surface area contributed by atoms with Gasteiger partial charge >= 0.3 is 0 Å². The highest BCUT2D eigenvalue weighted by molar-refractivity contribution is 7.13. The molecule has 1 aromatic carbocycles. The second-order valence-corrected chi connectivity index (χ2v) is 7.44. The second kappa shape index (κ2) is 8.40. The SMILES string of the molecule is Cc1ccc(-c2nc(C(=O)NCCN(C(C)C)C(C)C)cs2)cc1. The van der Waals surface area contributed by atoms with Crippen LogP contribution in [0.25, 0.3) is 10.6 Å². The Kier molecular flexibility index (Phi) is 6.52. The Bertz CT molecular complexity index is 654. The highest BCUT2D eigenvalue weighted by atomic mass is 32.1.